The van der Waals surface area contributed by atoms with Crippen LogP contribution in [0.4, 0.5) is 4.39 Å². The summed E-state index contributed by atoms with van der Waals surface area (Å²) in [4.78, 5) is 0. The third kappa shape index (κ3) is 2.03. The highest BCUT2D eigenvalue weighted by atomic mass is 19.1. The molecule has 1 N–H and O–H groups in total. The number of benzene rings is 2. The second-order valence-electron chi connectivity index (χ2n) is 5.35. The molecule has 0 fully saturated rings. The van der Waals surface area contributed by atoms with Crippen molar-refractivity contribution >= 4 is 11.0 Å². The summed E-state index contributed by atoms with van der Waals surface area (Å²) in [6.45, 7) is 1.62. The second kappa shape index (κ2) is 5.06. The first-order valence-electron chi connectivity index (χ1n) is 7.18. The molecule has 1 aliphatic heterocycles. The zero-order chi connectivity index (χ0) is 15.1. The van der Waals surface area contributed by atoms with E-state index in [4.69, 9.17) is 4.74 Å². The normalized spacial score (nSPS) is 14.1. The topological polar surface area (TPSA) is 52.0 Å². The van der Waals surface area contributed by atoms with E-state index < -0.39 is 0 Å². The number of aromatic nitrogens is 3. The number of halogens is 1. The predicted molar refractivity (Wildman–Crippen MR) is 80.8 cm³/mol. The Morgan fingerprint density at radius 3 is 3.00 bits per heavy atom. The van der Waals surface area contributed by atoms with Gasteiger partial charge in [0.15, 0.2) is 0 Å². The average Bonchev–Trinajstić information content (AvgIpc) is 2.97. The van der Waals surface area contributed by atoms with Crippen LogP contribution in [0.25, 0.3) is 16.7 Å². The van der Waals surface area contributed by atoms with Crippen molar-refractivity contribution in [1.82, 2.24) is 20.3 Å². The van der Waals surface area contributed by atoms with Gasteiger partial charge in [0.2, 0.25) is 0 Å². The van der Waals surface area contributed by atoms with Crippen LogP contribution in [0.5, 0.6) is 5.75 Å². The standard InChI is InChI=1S/C16H15FN4O/c1-22-12-2-3-15-14(8-12)19-20-21(15)16-7-10-4-5-18-9-11(10)6-13(16)17/h2-3,6-8,18H,4-5,9H2,1H3. The van der Waals surface area contributed by atoms with Crippen LogP contribution in [0, 0.1) is 5.82 Å². The minimum absolute atomic E-state index is 0.287. The van der Waals surface area contributed by atoms with Gasteiger partial charge in [0.05, 0.1) is 12.6 Å². The summed E-state index contributed by atoms with van der Waals surface area (Å²) in [7, 11) is 1.60. The summed E-state index contributed by atoms with van der Waals surface area (Å²) in [5.41, 5.74) is 4.05. The number of ether oxygens (including phenoxy) is 1. The van der Waals surface area contributed by atoms with Gasteiger partial charge in [0.1, 0.15) is 22.8 Å². The van der Waals surface area contributed by atoms with Crippen molar-refractivity contribution in [3.8, 4) is 11.4 Å². The Labute approximate surface area is 126 Å². The lowest BCUT2D eigenvalue weighted by atomic mass is 10.00. The largest absolute Gasteiger partial charge is 0.497 e. The minimum atomic E-state index is -0.287. The summed E-state index contributed by atoms with van der Waals surface area (Å²) in [5, 5.41) is 11.5. The Morgan fingerprint density at radius 2 is 2.14 bits per heavy atom. The van der Waals surface area contributed by atoms with E-state index in [1.54, 1.807) is 23.9 Å². The summed E-state index contributed by atoms with van der Waals surface area (Å²) in [6.07, 6.45) is 0.892. The molecule has 4 rings (SSSR count). The van der Waals surface area contributed by atoms with Gasteiger partial charge < -0.3 is 10.1 Å². The Morgan fingerprint density at radius 1 is 1.23 bits per heavy atom. The number of hydrogen-bond acceptors (Lipinski definition) is 4. The molecule has 0 aliphatic carbocycles. The molecule has 5 nitrogen and oxygen atoms in total. The average molecular weight is 298 g/mol. The molecular formula is C16H15FN4O. The minimum Gasteiger partial charge on any atom is -0.497 e. The summed E-state index contributed by atoms with van der Waals surface area (Å²) >= 11 is 0. The first kappa shape index (κ1) is 13.2. The Balaban J connectivity index is 1.88. The van der Waals surface area contributed by atoms with Crippen LogP contribution in [0.15, 0.2) is 30.3 Å². The van der Waals surface area contributed by atoms with Gasteiger partial charge in [-0.05, 0) is 48.4 Å². The third-order valence-corrected chi connectivity index (χ3v) is 4.04. The van der Waals surface area contributed by atoms with Gasteiger partial charge in [-0.2, -0.15) is 0 Å². The van der Waals surface area contributed by atoms with E-state index >= 15 is 0 Å². The number of methoxy groups -OCH3 is 1. The van der Waals surface area contributed by atoms with Gasteiger partial charge in [0, 0.05) is 12.6 Å². The molecule has 6 heteroatoms. The van der Waals surface area contributed by atoms with Crippen molar-refractivity contribution in [2.45, 2.75) is 13.0 Å². The number of fused-ring (bicyclic) bond motifs is 2. The number of rotatable bonds is 2. The molecule has 22 heavy (non-hydrogen) atoms. The zero-order valence-corrected chi connectivity index (χ0v) is 12.1. The first-order valence-corrected chi connectivity index (χ1v) is 7.18. The van der Waals surface area contributed by atoms with E-state index in [0.29, 0.717) is 23.5 Å². The van der Waals surface area contributed by atoms with Crippen LogP contribution < -0.4 is 10.1 Å². The van der Waals surface area contributed by atoms with Crippen molar-refractivity contribution in [3.05, 3.63) is 47.3 Å². The zero-order valence-electron chi connectivity index (χ0n) is 12.1. The monoisotopic (exact) mass is 298 g/mol. The molecule has 2 heterocycles. The second-order valence-corrected chi connectivity index (χ2v) is 5.35. The predicted octanol–water partition coefficient (Wildman–Crippen LogP) is 2.21. The van der Waals surface area contributed by atoms with Gasteiger partial charge in [-0.15, -0.1) is 5.10 Å². The van der Waals surface area contributed by atoms with Crippen LogP contribution in [0.2, 0.25) is 0 Å². The first-order chi connectivity index (χ1) is 10.8. The molecule has 0 spiro atoms. The SMILES string of the molecule is COc1ccc2c(c1)nnn2-c1cc2c(cc1F)CNCC2. The molecule has 0 atom stereocenters. The van der Waals surface area contributed by atoms with Crippen molar-refractivity contribution in [2.24, 2.45) is 0 Å². The third-order valence-electron chi connectivity index (χ3n) is 4.04. The van der Waals surface area contributed by atoms with Crippen LogP contribution in [-0.4, -0.2) is 28.6 Å². The fourth-order valence-electron chi connectivity index (χ4n) is 2.86. The van der Waals surface area contributed by atoms with Crippen LogP contribution in [-0.2, 0) is 13.0 Å². The summed E-state index contributed by atoms with van der Waals surface area (Å²) < 4.78 is 21.2. The molecule has 1 aromatic heterocycles. The fraction of sp³-hybridized carbons (Fsp3) is 0.250. The molecule has 0 amide bonds. The van der Waals surface area contributed by atoms with E-state index in [0.717, 1.165) is 29.6 Å². The fourth-order valence-corrected chi connectivity index (χ4v) is 2.86. The van der Waals surface area contributed by atoms with Crippen LogP contribution in [0.3, 0.4) is 0 Å². The molecule has 112 valence electrons. The molecule has 1 aliphatic rings. The van der Waals surface area contributed by atoms with Crippen molar-refractivity contribution in [3.63, 3.8) is 0 Å². The highest BCUT2D eigenvalue weighted by molar-refractivity contribution is 5.78. The van der Waals surface area contributed by atoms with Gasteiger partial charge in [-0.25, -0.2) is 9.07 Å². The molecular weight excluding hydrogens is 283 g/mol. The van der Waals surface area contributed by atoms with Gasteiger partial charge >= 0.3 is 0 Å². The van der Waals surface area contributed by atoms with E-state index in [1.165, 1.54) is 0 Å². The van der Waals surface area contributed by atoms with Crippen molar-refractivity contribution in [1.29, 1.82) is 0 Å². The lowest BCUT2D eigenvalue weighted by molar-refractivity contribution is 0.415. The van der Waals surface area contributed by atoms with Crippen LogP contribution in [0.1, 0.15) is 11.1 Å². The number of hydrogen-bond donors (Lipinski definition) is 1. The van der Waals surface area contributed by atoms with E-state index in [2.05, 4.69) is 15.6 Å². The van der Waals surface area contributed by atoms with E-state index in [1.807, 2.05) is 18.2 Å². The Bertz CT molecular complexity index is 859. The van der Waals surface area contributed by atoms with Gasteiger partial charge in [-0.3, -0.25) is 0 Å². The molecule has 0 saturated heterocycles. The molecule has 3 aromatic rings. The van der Waals surface area contributed by atoms with Crippen molar-refractivity contribution < 1.29 is 9.13 Å². The van der Waals surface area contributed by atoms with Crippen molar-refractivity contribution in [2.75, 3.05) is 13.7 Å². The van der Waals surface area contributed by atoms with Gasteiger partial charge in [-0.1, -0.05) is 5.21 Å². The maximum Gasteiger partial charge on any atom is 0.149 e. The lowest BCUT2D eigenvalue weighted by Gasteiger charge is -2.18. The lowest BCUT2D eigenvalue weighted by Crippen LogP contribution is -2.24. The Hall–Kier alpha value is -2.47. The molecule has 0 radical (unpaired) electrons. The van der Waals surface area contributed by atoms with E-state index in [9.17, 15) is 4.39 Å². The molecule has 0 bridgehead atoms. The Kier molecular flexibility index (Phi) is 3.04. The maximum atomic E-state index is 14.5. The summed E-state index contributed by atoms with van der Waals surface area (Å²) in [6, 6.07) is 8.92. The molecule has 2 aromatic carbocycles. The molecule has 0 unspecified atom stereocenters. The van der Waals surface area contributed by atoms with Crippen LogP contribution >= 0.6 is 0 Å². The number of nitrogens with zero attached hydrogens (tertiary/aromatic N) is 3. The smallest absolute Gasteiger partial charge is 0.149 e. The molecule has 0 saturated carbocycles. The highest BCUT2D eigenvalue weighted by Gasteiger charge is 2.17. The highest BCUT2D eigenvalue weighted by Crippen LogP contribution is 2.25. The quantitative estimate of drug-likeness (QED) is 0.788. The summed E-state index contributed by atoms with van der Waals surface area (Å²) in [5.74, 6) is 0.418. The maximum absolute atomic E-state index is 14.5. The van der Waals surface area contributed by atoms with E-state index in [-0.39, 0.29) is 5.82 Å². The number of nitrogens with one attached hydrogen (secondary N) is 1. The van der Waals surface area contributed by atoms with Gasteiger partial charge in [0.25, 0.3) is 0 Å².